The van der Waals surface area contributed by atoms with Gasteiger partial charge in [0.05, 0.1) is 0 Å². The average Bonchev–Trinajstić information content (AvgIpc) is 2.58. The lowest BCUT2D eigenvalue weighted by atomic mass is 9.79. The molecule has 0 bridgehead atoms. The van der Waals surface area contributed by atoms with Gasteiger partial charge in [-0.1, -0.05) is 36.4 Å². The zero-order valence-electron chi connectivity index (χ0n) is 14.0. The summed E-state index contributed by atoms with van der Waals surface area (Å²) >= 11 is 0. The molecule has 0 N–H and O–H groups in total. The number of rotatable bonds is 3. The van der Waals surface area contributed by atoms with Crippen LogP contribution in [0.2, 0.25) is 0 Å². The van der Waals surface area contributed by atoms with Crippen LogP contribution in [-0.4, -0.2) is 6.36 Å². The Balaban J connectivity index is 1.87. The minimum Gasteiger partial charge on any atom is -0.399 e. The molecule has 3 rings (SSSR count). The van der Waals surface area contributed by atoms with E-state index in [1.54, 1.807) is 0 Å². The van der Waals surface area contributed by atoms with Crippen LogP contribution in [0, 0.1) is 11.6 Å². The Bertz CT molecular complexity index is 822. The van der Waals surface area contributed by atoms with Gasteiger partial charge in [-0.25, -0.2) is 8.78 Å². The van der Waals surface area contributed by atoms with Crippen LogP contribution in [0.1, 0.15) is 41.5 Å². The fourth-order valence-corrected chi connectivity index (χ4v) is 3.39. The van der Waals surface area contributed by atoms with Crippen molar-refractivity contribution in [3.63, 3.8) is 0 Å². The lowest BCUT2D eigenvalue weighted by Gasteiger charge is -2.26. The predicted octanol–water partition coefficient (Wildman–Crippen LogP) is 6.17. The van der Waals surface area contributed by atoms with Crippen LogP contribution in [0.5, 0.6) is 5.75 Å². The van der Waals surface area contributed by atoms with Crippen LogP contribution < -0.4 is 4.74 Å². The molecular formula is C20H17F5O. The van der Waals surface area contributed by atoms with Gasteiger partial charge in [-0.05, 0) is 60.4 Å². The van der Waals surface area contributed by atoms with E-state index in [0.717, 1.165) is 17.2 Å². The summed E-state index contributed by atoms with van der Waals surface area (Å²) in [6, 6.07) is 8.83. The molecule has 0 saturated heterocycles. The van der Waals surface area contributed by atoms with Gasteiger partial charge < -0.3 is 4.74 Å². The molecule has 1 atom stereocenters. The van der Waals surface area contributed by atoms with Gasteiger partial charge in [0.25, 0.3) is 0 Å². The van der Waals surface area contributed by atoms with Crippen LogP contribution in [0.3, 0.4) is 0 Å². The van der Waals surface area contributed by atoms with Crippen LogP contribution in [0.4, 0.5) is 22.0 Å². The van der Waals surface area contributed by atoms with Crippen LogP contribution >= 0.6 is 0 Å². The summed E-state index contributed by atoms with van der Waals surface area (Å²) in [5, 5.41) is 0. The summed E-state index contributed by atoms with van der Waals surface area (Å²) in [7, 11) is 0. The molecule has 1 nitrogen and oxygen atoms in total. The van der Waals surface area contributed by atoms with Crippen molar-refractivity contribution in [1.82, 2.24) is 0 Å². The van der Waals surface area contributed by atoms with Crippen molar-refractivity contribution >= 4 is 6.08 Å². The second kappa shape index (κ2) is 7.09. The molecule has 0 aromatic heterocycles. The van der Waals surface area contributed by atoms with Crippen molar-refractivity contribution in [2.45, 2.75) is 38.5 Å². The van der Waals surface area contributed by atoms with Gasteiger partial charge in [0.15, 0.2) is 11.6 Å². The van der Waals surface area contributed by atoms with Crippen molar-refractivity contribution < 1.29 is 26.7 Å². The van der Waals surface area contributed by atoms with Gasteiger partial charge in [-0.3, -0.25) is 0 Å². The van der Waals surface area contributed by atoms with E-state index in [0.29, 0.717) is 18.4 Å². The number of ether oxygens (including phenoxy) is 1. The van der Waals surface area contributed by atoms with Crippen LogP contribution in [-0.2, 0) is 12.8 Å². The fraction of sp³-hybridized carbons (Fsp3) is 0.300. The second-order valence-corrected chi connectivity index (χ2v) is 6.29. The minimum absolute atomic E-state index is 0.0651. The van der Waals surface area contributed by atoms with E-state index in [-0.39, 0.29) is 17.9 Å². The molecule has 26 heavy (non-hydrogen) atoms. The summed E-state index contributed by atoms with van der Waals surface area (Å²) < 4.78 is 68.9. The van der Waals surface area contributed by atoms with E-state index in [1.807, 2.05) is 43.3 Å². The number of allylic oxidation sites excluding steroid dienone is 1. The zero-order chi connectivity index (χ0) is 18.9. The maximum absolute atomic E-state index is 14.3. The summed E-state index contributed by atoms with van der Waals surface area (Å²) in [6.45, 7) is 1.92. The maximum Gasteiger partial charge on any atom is 0.573 e. The van der Waals surface area contributed by atoms with E-state index in [4.69, 9.17) is 0 Å². The van der Waals surface area contributed by atoms with Gasteiger partial charge in [0.1, 0.15) is 0 Å². The Morgan fingerprint density at radius 1 is 1.12 bits per heavy atom. The minimum atomic E-state index is -5.14. The van der Waals surface area contributed by atoms with E-state index in [9.17, 15) is 22.0 Å². The normalized spacial score (nSPS) is 17.4. The third kappa shape index (κ3) is 3.89. The molecule has 1 unspecified atom stereocenters. The number of alkyl halides is 3. The van der Waals surface area contributed by atoms with Gasteiger partial charge in [-0.2, -0.15) is 0 Å². The number of hydrogen-bond donors (Lipinski definition) is 0. The highest BCUT2D eigenvalue weighted by Gasteiger charge is 2.36. The Labute approximate surface area is 148 Å². The number of benzene rings is 2. The van der Waals surface area contributed by atoms with Crippen LogP contribution in [0.15, 0.2) is 36.4 Å². The molecule has 0 fully saturated rings. The number of hydrogen-bond acceptors (Lipinski definition) is 1. The first-order valence-electron chi connectivity index (χ1n) is 8.26. The van der Waals surface area contributed by atoms with Gasteiger partial charge >= 0.3 is 6.36 Å². The molecule has 1 aliphatic rings. The molecular weight excluding hydrogens is 351 g/mol. The SMILES string of the molecule is C/C=C/c1ccc(C2CCc3c(cc(F)c(OC(F)(F)F)c3F)C2)cc1. The monoisotopic (exact) mass is 368 g/mol. The third-order valence-corrected chi connectivity index (χ3v) is 4.56. The first-order chi connectivity index (χ1) is 12.3. The molecule has 0 aliphatic heterocycles. The Kier molecular flexibility index (Phi) is 5.03. The molecule has 2 aromatic carbocycles. The predicted molar refractivity (Wildman–Crippen MR) is 89.0 cm³/mol. The van der Waals surface area contributed by atoms with Crippen molar-refractivity contribution in [3.05, 3.63) is 70.3 Å². The average molecular weight is 368 g/mol. The molecule has 1 aliphatic carbocycles. The highest BCUT2D eigenvalue weighted by molar-refractivity contribution is 5.50. The molecule has 138 valence electrons. The maximum atomic E-state index is 14.3. The fourth-order valence-electron chi connectivity index (χ4n) is 3.39. The molecule has 0 heterocycles. The highest BCUT2D eigenvalue weighted by atomic mass is 19.4. The summed E-state index contributed by atoms with van der Waals surface area (Å²) in [4.78, 5) is 0. The summed E-state index contributed by atoms with van der Waals surface area (Å²) in [5.74, 6) is -3.89. The molecule has 2 aromatic rings. The lowest BCUT2D eigenvalue weighted by molar-refractivity contribution is -0.276. The van der Waals surface area contributed by atoms with Crippen molar-refractivity contribution in [2.24, 2.45) is 0 Å². The first-order valence-corrected chi connectivity index (χ1v) is 8.26. The molecule has 0 saturated carbocycles. The van der Waals surface area contributed by atoms with Gasteiger partial charge in [0.2, 0.25) is 5.75 Å². The van der Waals surface area contributed by atoms with E-state index >= 15 is 0 Å². The number of halogens is 5. The van der Waals surface area contributed by atoms with Crippen LogP contribution in [0.25, 0.3) is 6.08 Å². The molecule has 6 heteroatoms. The summed E-state index contributed by atoms with van der Waals surface area (Å²) in [5.41, 5.74) is 2.59. The first kappa shape index (κ1) is 18.4. The zero-order valence-corrected chi connectivity index (χ0v) is 14.0. The number of fused-ring (bicyclic) bond motifs is 1. The smallest absolute Gasteiger partial charge is 0.399 e. The standard InChI is InChI=1S/C20H17F5O/c1-2-3-12-4-6-13(7-5-12)14-8-9-16-15(10-14)11-17(21)19(18(16)22)26-20(23,24)25/h2-7,11,14H,8-10H2,1H3/b3-2+. The van der Waals surface area contributed by atoms with Crippen molar-refractivity contribution in [1.29, 1.82) is 0 Å². The third-order valence-electron chi connectivity index (χ3n) is 4.56. The molecule has 0 spiro atoms. The molecule has 0 radical (unpaired) electrons. The Morgan fingerprint density at radius 2 is 1.81 bits per heavy atom. The summed E-state index contributed by atoms with van der Waals surface area (Å²) in [6.07, 6.45) is -0.0634. The van der Waals surface area contributed by atoms with Gasteiger partial charge in [0, 0.05) is 0 Å². The Hall–Kier alpha value is -2.37. The van der Waals surface area contributed by atoms with E-state index in [1.165, 1.54) is 0 Å². The Morgan fingerprint density at radius 3 is 2.42 bits per heavy atom. The quantitative estimate of drug-likeness (QED) is 0.589. The van der Waals surface area contributed by atoms with Gasteiger partial charge in [-0.15, -0.1) is 13.2 Å². The largest absolute Gasteiger partial charge is 0.573 e. The molecule has 0 amide bonds. The van der Waals surface area contributed by atoms with E-state index in [2.05, 4.69) is 4.74 Å². The highest BCUT2D eigenvalue weighted by Crippen LogP contribution is 2.39. The topological polar surface area (TPSA) is 9.23 Å². The van der Waals surface area contributed by atoms with E-state index < -0.39 is 23.7 Å². The lowest BCUT2D eigenvalue weighted by Crippen LogP contribution is -2.21. The second-order valence-electron chi connectivity index (χ2n) is 6.29. The van der Waals surface area contributed by atoms with Crippen molar-refractivity contribution in [2.75, 3.05) is 0 Å². The van der Waals surface area contributed by atoms with Crippen molar-refractivity contribution in [3.8, 4) is 5.75 Å².